The topological polar surface area (TPSA) is 211 Å². The van der Waals surface area contributed by atoms with Gasteiger partial charge < -0.3 is 45.2 Å². The SMILES string of the molecule is O=C(/C=C/c1cc(O)cc(O)c1)O[C@@H]1[C@@H](O)C[C@](O)(C(=O)O)C[C@H]1OC(=O)/C=C/c1ccc(O)c(O)c1. The van der Waals surface area contributed by atoms with Gasteiger partial charge in [-0.05, 0) is 47.5 Å². The van der Waals surface area contributed by atoms with Crippen molar-refractivity contribution in [2.75, 3.05) is 0 Å². The second kappa shape index (κ2) is 11.0. The zero-order valence-electron chi connectivity index (χ0n) is 19.1. The van der Waals surface area contributed by atoms with E-state index in [0.717, 1.165) is 24.3 Å². The summed E-state index contributed by atoms with van der Waals surface area (Å²) >= 11 is 0. The van der Waals surface area contributed by atoms with Crippen LogP contribution < -0.4 is 0 Å². The van der Waals surface area contributed by atoms with Crippen molar-refractivity contribution < 1.29 is 59.6 Å². The maximum atomic E-state index is 12.4. The minimum Gasteiger partial charge on any atom is -0.508 e. The summed E-state index contributed by atoms with van der Waals surface area (Å²) in [6.07, 6.45) is -1.97. The van der Waals surface area contributed by atoms with Crippen LogP contribution in [0, 0.1) is 0 Å². The largest absolute Gasteiger partial charge is 0.508 e. The number of carbonyl (C=O) groups is 3. The summed E-state index contributed by atoms with van der Waals surface area (Å²) in [5.74, 6) is -5.05. The van der Waals surface area contributed by atoms with Crippen LogP contribution in [-0.4, -0.2) is 77.6 Å². The molecule has 1 saturated carbocycles. The number of hydrogen-bond donors (Lipinski definition) is 7. The summed E-state index contributed by atoms with van der Waals surface area (Å²) in [4.78, 5) is 36.3. The van der Waals surface area contributed by atoms with Crippen LogP contribution in [0.3, 0.4) is 0 Å². The second-order valence-electron chi connectivity index (χ2n) is 8.39. The molecule has 0 aliphatic heterocycles. The number of phenolic OH excluding ortho intramolecular Hbond substituents is 4. The zero-order chi connectivity index (χ0) is 27.3. The molecule has 12 nitrogen and oxygen atoms in total. The lowest BCUT2D eigenvalue weighted by atomic mass is 9.79. The standard InChI is InChI=1S/C25H24O12/c26-15-7-14(8-16(27)10-15)3-6-22(32)37-23-19(30)11-25(35,24(33)34)12-20(23)36-21(31)5-2-13-1-4-17(28)18(29)9-13/h1-10,19-20,23,26-30,35H,11-12H2,(H,33,34)/b5-2+,6-3+/t19-,20+,23+,25+/m0/s1. The number of benzene rings is 2. The summed E-state index contributed by atoms with van der Waals surface area (Å²) in [7, 11) is 0. The van der Waals surface area contributed by atoms with Gasteiger partial charge in [-0.3, -0.25) is 0 Å². The first-order valence-corrected chi connectivity index (χ1v) is 10.8. The van der Waals surface area contributed by atoms with E-state index in [0.29, 0.717) is 5.56 Å². The minimum absolute atomic E-state index is 0.243. The van der Waals surface area contributed by atoms with E-state index in [1.165, 1.54) is 36.4 Å². The van der Waals surface area contributed by atoms with Gasteiger partial charge in [-0.2, -0.15) is 0 Å². The van der Waals surface area contributed by atoms with Crippen molar-refractivity contribution in [2.45, 2.75) is 36.8 Å². The first-order chi connectivity index (χ1) is 17.4. The number of esters is 2. The molecule has 0 unspecified atom stereocenters. The molecule has 0 spiro atoms. The molecule has 0 amide bonds. The van der Waals surface area contributed by atoms with E-state index in [9.17, 15) is 50.1 Å². The Morgan fingerprint density at radius 3 is 2.00 bits per heavy atom. The molecular weight excluding hydrogens is 492 g/mol. The van der Waals surface area contributed by atoms with Crippen LogP contribution in [0.15, 0.2) is 48.6 Å². The van der Waals surface area contributed by atoms with E-state index in [-0.39, 0.29) is 22.8 Å². The smallest absolute Gasteiger partial charge is 0.335 e. The number of aliphatic hydroxyl groups is 2. The monoisotopic (exact) mass is 516 g/mol. The Morgan fingerprint density at radius 1 is 0.811 bits per heavy atom. The number of carboxylic acids is 1. The van der Waals surface area contributed by atoms with E-state index in [1.807, 2.05) is 0 Å². The maximum absolute atomic E-state index is 12.4. The van der Waals surface area contributed by atoms with Gasteiger partial charge in [0.25, 0.3) is 0 Å². The number of rotatable bonds is 7. The summed E-state index contributed by atoms with van der Waals surface area (Å²) in [6, 6.07) is 7.31. The van der Waals surface area contributed by atoms with E-state index in [4.69, 9.17) is 9.47 Å². The van der Waals surface area contributed by atoms with Gasteiger partial charge in [0, 0.05) is 31.1 Å². The number of aliphatic hydroxyl groups excluding tert-OH is 1. The van der Waals surface area contributed by atoms with E-state index in [1.54, 1.807) is 0 Å². The lowest BCUT2D eigenvalue weighted by Gasteiger charge is -2.40. The molecule has 4 atom stereocenters. The fourth-order valence-corrected chi connectivity index (χ4v) is 3.73. The third-order valence-corrected chi connectivity index (χ3v) is 5.50. The Balaban J connectivity index is 1.76. The van der Waals surface area contributed by atoms with Gasteiger partial charge in [0.2, 0.25) is 0 Å². The lowest BCUT2D eigenvalue weighted by molar-refractivity contribution is -0.204. The van der Waals surface area contributed by atoms with Gasteiger partial charge in [0.05, 0.1) is 6.10 Å². The van der Waals surface area contributed by atoms with Gasteiger partial charge >= 0.3 is 17.9 Å². The lowest BCUT2D eigenvalue weighted by Crippen LogP contribution is -2.58. The van der Waals surface area contributed by atoms with Crippen LogP contribution in [0.5, 0.6) is 23.0 Å². The Kier molecular flexibility index (Phi) is 8.05. The summed E-state index contributed by atoms with van der Waals surface area (Å²) in [5, 5.41) is 68.2. The zero-order valence-corrected chi connectivity index (χ0v) is 19.1. The summed E-state index contributed by atoms with van der Waals surface area (Å²) in [6.45, 7) is 0. The average molecular weight is 516 g/mol. The fraction of sp³-hybridized carbons (Fsp3) is 0.240. The van der Waals surface area contributed by atoms with E-state index >= 15 is 0 Å². The molecule has 1 fully saturated rings. The van der Waals surface area contributed by atoms with Crippen LogP contribution in [0.2, 0.25) is 0 Å². The molecule has 3 rings (SSSR count). The van der Waals surface area contributed by atoms with E-state index < -0.39 is 60.4 Å². The normalized spacial score (nSPS) is 23.7. The molecule has 12 heteroatoms. The van der Waals surface area contributed by atoms with Crippen molar-refractivity contribution in [1.82, 2.24) is 0 Å². The first kappa shape index (κ1) is 27.0. The Morgan fingerprint density at radius 2 is 1.41 bits per heavy atom. The molecule has 0 bridgehead atoms. The number of aliphatic carboxylic acids is 1. The molecular formula is C25H24O12. The third kappa shape index (κ3) is 6.99. The van der Waals surface area contributed by atoms with Crippen molar-refractivity contribution >= 4 is 30.1 Å². The number of aromatic hydroxyl groups is 4. The molecule has 0 heterocycles. The van der Waals surface area contributed by atoms with Crippen molar-refractivity contribution in [3.63, 3.8) is 0 Å². The Labute approximate surface area is 209 Å². The number of carboxylic acid groups (broad SMARTS) is 1. The highest BCUT2D eigenvalue weighted by Crippen LogP contribution is 2.33. The third-order valence-electron chi connectivity index (χ3n) is 5.50. The highest BCUT2D eigenvalue weighted by Gasteiger charge is 2.52. The molecule has 0 saturated heterocycles. The maximum Gasteiger partial charge on any atom is 0.335 e. The average Bonchev–Trinajstić information content (AvgIpc) is 2.80. The summed E-state index contributed by atoms with van der Waals surface area (Å²) in [5.41, 5.74) is -1.91. The van der Waals surface area contributed by atoms with Crippen molar-refractivity contribution in [1.29, 1.82) is 0 Å². The molecule has 37 heavy (non-hydrogen) atoms. The van der Waals surface area contributed by atoms with Gasteiger partial charge in [-0.25, -0.2) is 14.4 Å². The predicted molar refractivity (Wildman–Crippen MR) is 125 cm³/mol. The number of hydrogen-bond acceptors (Lipinski definition) is 11. The Hall–Kier alpha value is -4.55. The van der Waals surface area contributed by atoms with Crippen molar-refractivity contribution in [2.24, 2.45) is 0 Å². The van der Waals surface area contributed by atoms with Crippen molar-refractivity contribution in [3.8, 4) is 23.0 Å². The highest BCUT2D eigenvalue weighted by atomic mass is 16.6. The molecule has 196 valence electrons. The molecule has 7 N–H and O–H groups in total. The second-order valence-corrected chi connectivity index (χ2v) is 8.39. The first-order valence-electron chi connectivity index (χ1n) is 10.8. The van der Waals surface area contributed by atoms with E-state index in [2.05, 4.69) is 0 Å². The number of carbonyl (C=O) groups excluding carboxylic acids is 2. The molecule has 1 aliphatic carbocycles. The molecule has 2 aromatic rings. The van der Waals surface area contributed by atoms with Gasteiger partial charge in [-0.15, -0.1) is 0 Å². The molecule has 0 radical (unpaired) electrons. The summed E-state index contributed by atoms with van der Waals surface area (Å²) < 4.78 is 10.4. The quantitative estimate of drug-likeness (QED) is 0.156. The van der Waals surface area contributed by atoms with Crippen LogP contribution in [0.1, 0.15) is 24.0 Å². The molecule has 2 aromatic carbocycles. The van der Waals surface area contributed by atoms with Crippen LogP contribution in [-0.2, 0) is 23.9 Å². The Bertz CT molecular complexity index is 1230. The van der Waals surface area contributed by atoms with Crippen LogP contribution in [0.25, 0.3) is 12.2 Å². The molecule has 1 aliphatic rings. The van der Waals surface area contributed by atoms with Gasteiger partial charge in [0.15, 0.2) is 23.2 Å². The predicted octanol–water partition coefficient (Wildman–Crippen LogP) is 1.03. The van der Waals surface area contributed by atoms with Gasteiger partial charge in [-0.1, -0.05) is 6.07 Å². The highest BCUT2D eigenvalue weighted by molar-refractivity contribution is 5.88. The van der Waals surface area contributed by atoms with Crippen LogP contribution in [0.4, 0.5) is 0 Å². The number of ether oxygens (including phenoxy) is 2. The van der Waals surface area contributed by atoms with Crippen molar-refractivity contribution in [3.05, 3.63) is 59.7 Å². The molecule has 0 aromatic heterocycles. The fourth-order valence-electron chi connectivity index (χ4n) is 3.73. The van der Waals surface area contributed by atoms with Crippen LogP contribution >= 0.6 is 0 Å². The number of phenols is 4. The minimum atomic E-state index is -2.46. The van der Waals surface area contributed by atoms with Gasteiger partial charge in [0.1, 0.15) is 17.6 Å².